The van der Waals surface area contributed by atoms with Crippen molar-refractivity contribution < 1.29 is 8.42 Å². The van der Waals surface area contributed by atoms with Gasteiger partial charge in [-0.05, 0) is 50.8 Å². The van der Waals surface area contributed by atoms with Gasteiger partial charge in [0.2, 0.25) is 10.0 Å². The van der Waals surface area contributed by atoms with Crippen LogP contribution < -0.4 is 0 Å². The van der Waals surface area contributed by atoms with Crippen molar-refractivity contribution in [3.63, 3.8) is 0 Å². The minimum absolute atomic E-state index is 0.0232. The van der Waals surface area contributed by atoms with E-state index in [9.17, 15) is 8.42 Å². The highest BCUT2D eigenvalue weighted by atomic mass is 32.2. The van der Waals surface area contributed by atoms with Crippen LogP contribution in [-0.4, -0.2) is 24.8 Å². The summed E-state index contributed by atoms with van der Waals surface area (Å²) in [5.41, 5.74) is 1.08. The first-order chi connectivity index (χ1) is 9.41. The molecule has 1 aromatic carbocycles. The number of nitriles is 1. The zero-order valence-corrected chi connectivity index (χ0v) is 12.9. The molecule has 0 saturated carbocycles. The second kappa shape index (κ2) is 5.55. The zero-order valence-electron chi connectivity index (χ0n) is 12.1. The molecule has 4 nitrogen and oxygen atoms in total. The number of hydrogen-bond acceptors (Lipinski definition) is 3. The van der Waals surface area contributed by atoms with Crippen LogP contribution in [0.2, 0.25) is 0 Å². The highest BCUT2D eigenvalue weighted by Gasteiger charge is 2.39. The minimum atomic E-state index is -3.53. The molecule has 1 saturated heterocycles. The van der Waals surface area contributed by atoms with Gasteiger partial charge in [-0.15, -0.1) is 0 Å². The van der Waals surface area contributed by atoms with Crippen LogP contribution in [0, 0.1) is 18.3 Å². The average molecular weight is 292 g/mol. The predicted octanol–water partition coefficient (Wildman–Crippen LogP) is 2.82. The van der Waals surface area contributed by atoms with Crippen LogP contribution >= 0.6 is 0 Å². The van der Waals surface area contributed by atoms with Gasteiger partial charge in [-0.25, -0.2) is 8.42 Å². The van der Waals surface area contributed by atoms with Gasteiger partial charge in [0.05, 0.1) is 16.5 Å². The van der Waals surface area contributed by atoms with E-state index in [1.54, 1.807) is 23.4 Å². The number of sulfonamides is 1. The number of benzene rings is 1. The Labute approximate surface area is 121 Å². The van der Waals surface area contributed by atoms with Gasteiger partial charge in [0.15, 0.2) is 0 Å². The summed E-state index contributed by atoms with van der Waals surface area (Å²) in [6.07, 6.45) is 2.63. The number of aryl methyl sites for hydroxylation is 1. The summed E-state index contributed by atoms with van der Waals surface area (Å²) >= 11 is 0. The molecule has 1 aliphatic rings. The van der Waals surface area contributed by atoms with Crippen molar-refractivity contribution in [1.29, 1.82) is 5.26 Å². The molecule has 1 fully saturated rings. The summed E-state index contributed by atoms with van der Waals surface area (Å²) in [5, 5.41) is 8.98. The van der Waals surface area contributed by atoms with Crippen molar-refractivity contribution in [2.45, 2.75) is 57.0 Å². The Morgan fingerprint density at radius 3 is 2.70 bits per heavy atom. The van der Waals surface area contributed by atoms with Crippen LogP contribution in [0.5, 0.6) is 0 Å². The Kier molecular flexibility index (Phi) is 4.17. The molecular formula is C15H20N2O2S. The lowest BCUT2D eigenvalue weighted by molar-refractivity contribution is 0.328. The summed E-state index contributed by atoms with van der Waals surface area (Å²) in [7, 11) is -3.53. The molecule has 0 bridgehead atoms. The van der Waals surface area contributed by atoms with E-state index >= 15 is 0 Å². The Morgan fingerprint density at radius 1 is 1.40 bits per heavy atom. The van der Waals surface area contributed by atoms with Gasteiger partial charge in [0, 0.05) is 12.1 Å². The van der Waals surface area contributed by atoms with Crippen molar-refractivity contribution >= 4 is 10.0 Å². The van der Waals surface area contributed by atoms with Crippen LogP contribution in [-0.2, 0) is 10.0 Å². The fourth-order valence-electron chi connectivity index (χ4n) is 2.93. The Balaban J connectivity index is 2.53. The van der Waals surface area contributed by atoms with Crippen molar-refractivity contribution in [1.82, 2.24) is 4.31 Å². The van der Waals surface area contributed by atoms with Crippen molar-refractivity contribution in [2.75, 3.05) is 0 Å². The quantitative estimate of drug-likeness (QED) is 0.860. The third-order valence-corrected chi connectivity index (χ3v) is 6.26. The molecular weight excluding hydrogens is 272 g/mol. The maximum Gasteiger partial charge on any atom is 0.243 e. The highest BCUT2D eigenvalue weighted by molar-refractivity contribution is 7.89. The monoisotopic (exact) mass is 292 g/mol. The molecule has 5 heteroatoms. The summed E-state index contributed by atoms with van der Waals surface area (Å²) < 4.78 is 27.5. The van der Waals surface area contributed by atoms with Gasteiger partial charge in [-0.1, -0.05) is 13.0 Å². The number of hydrogen-bond donors (Lipinski definition) is 0. The lowest BCUT2D eigenvalue weighted by atomic mass is 10.2. The number of nitrogens with zero attached hydrogens (tertiary/aromatic N) is 2. The molecule has 0 aliphatic carbocycles. The highest BCUT2D eigenvalue weighted by Crippen LogP contribution is 2.33. The summed E-state index contributed by atoms with van der Waals surface area (Å²) in [6.45, 7) is 5.75. The van der Waals surface area contributed by atoms with Crippen LogP contribution in [0.4, 0.5) is 0 Å². The third kappa shape index (κ3) is 2.46. The van der Waals surface area contributed by atoms with Gasteiger partial charge < -0.3 is 0 Å². The van der Waals surface area contributed by atoms with E-state index in [-0.39, 0.29) is 17.0 Å². The molecule has 0 radical (unpaired) electrons. The van der Waals surface area contributed by atoms with Crippen molar-refractivity contribution in [3.05, 3.63) is 29.3 Å². The van der Waals surface area contributed by atoms with Crippen LogP contribution in [0.1, 0.15) is 44.2 Å². The first-order valence-electron chi connectivity index (χ1n) is 6.96. The lowest BCUT2D eigenvalue weighted by Crippen LogP contribution is -2.39. The van der Waals surface area contributed by atoms with E-state index in [2.05, 4.69) is 0 Å². The van der Waals surface area contributed by atoms with Gasteiger partial charge in [-0.3, -0.25) is 0 Å². The molecule has 0 amide bonds. The SMILES string of the molecule is CCC1CCC(C)N1S(=O)(=O)c1cc(C#N)ccc1C. The molecule has 0 spiro atoms. The van der Waals surface area contributed by atoms with Gasteiger partial charge in [-0.2, -0.15) is 9.57 Å². The minimum Gasteiger partial charge on any atom is -0.207 e. The van der Waals surface area contributed by atoms with Crippen molar-refractivity contribution in [2.24, 2.45) is 0 Å². The zero-order chi connectivity index (χ0) is 14.9. The second-order valence-corrected chi connectivity index (χ2v) is 7.23. The van der Waals surface area contributed by atoms with Gasteiger partial charge >= 0.3 is 0 Å². The van der Waals surface area contributed by atoms with Crippen LogP contribution in [0.25, 0.3) is 0 Å². The van der Waals surface area contributed by atoms with Gasteiger partial charge in [0.25, 0.3) is 0 Å². The molecule has 108 valence electrons. The fraction of sp³-hybridized carbons (Fsp3) is 0.533. The standard InChI is InChI=1S/C15H20N2O2S/c1-4-14-8-6-12(3)17(14)20(18,19)15-9-13(10-16)7-5-11(15)2/h5,7,9,12,14H,4,6,8H2,1-3H3. The van der Waals surface area contributed by atoms with E-state index in [4.69, 9.17) is 5.26 Å². The predicted molar refractivity (Wildman–Crippen MR) is 77.7 cm³/mol. The van der Waals surface area contributed by atoms with E-state index < -0.39 is 10.0 Å². The number of rotatable bonds is 3. The molecule has 0 aromatic heterocycles. The average Bonchev–Trinajstić information content (AvgIpc) is 2.81. The molecule has 2 atom stereocenters. The Hall–Kier alpha value is -1.38. The molecule has 1 aromatic rings. The maximum atomic E-state index is 12.9. The molecule has 2 unspecified atom stereocenters. The second-order valence-electron chi connectivity index (χ2n) is 5.42. The first kappa shape index (κ1) is 15.0. The Bertz CT molecular complexity index is 646. The van der Waals surface area contributed by atoms with E-state index in [0.29, 0.717) is 11.1 Å². The van der Waals surface area contributed by atoms with Crippen LogP contribution in [0.3, 0.4) is 0 Å². The topological polar surface area (TPSA) is 61.2 Å². The van der Waals surface area contributed by atoms with E-state index in [0.717, 1.165) is 19.3 Å². The fourth-order valence-corrected chi connectivity index (χ4v) is 5.13. The van der Waals surface area contributed by atoms with Gasteiger partial charge in [0.1, 0.15) is 0 Å². The summed E-state index contributed by atoms with van der Waals surface area (Å²) in [5.74, 6) is 0. The van der Waals surface area contributed by atoms with E-state index in [1.165, 1.54) is 6.07 Å². The largest absolute Gasteiger partial charge is 0.243 e. The normalized spacial score (nSPS) is 23.7. The Morgan fingerprint density at radius 2 is 2.10 bits per heavy atom. The van der Waals surface area contributed by atoms with Crippen molar-refractivity contribution in [3.8, 4) is 6.07 Å². The third-order valence-electron chi connectivity index (χ3n) is 4.06. The lowest BCUT2D eigenvalue weighted by Gasteiger charge is -2.27. The molecule has 20 heavy (non-hydrogen) atoms. The smallest absolute Gasteiger partial charge is 0.207 e. The maximum absolute atomic E-state index is 12.9. The molecule has 0 N–H and O–H groups in total. The van der Waals surface area contributed by atoms with E-state index in [1.807, 2.05) is 19.9 Å². The molecule has 2 rings (SSSR count). The van der Waals surface area contributed by atoms with Crippen LogP contribution in [0.15, 0.2) is 23.1 Å². The summed E-state index contributed by atoms with van der Waals surface area (Å²) in [6, 6.07) is 6.95. The first-order valence-corrected chi connectivity index (χ1v) is 8.40. The molecule has 1 heterocycles. The molecule has 1 aliphatic heterocycles. The summed E-state index contributed by atoms with van der Waals surface area (Å²) in [4.78, 5) is 0.267.